The third kappa shape index (κ3) is 4.97. The molecule has 0 aromatic heterocycles. The van der Waals surface area contributed by atoms with E-state index in [4.69, 9.17) is 0 Å². The Morgan fingerprint density at radius 2 is 1.31 bits per heavy atom. The highest BCUT2D eigenvalue weighted by atomic mass is 32.2. The van der Waals surface area contributed by atoms with E-state index in [0.29, 0.717) is 0 Å². The summed E-state index contributed by atoms with van der Waals surface area (Å²) in [6, 6.07) is 12.6. The fourth-order valence-corrected chi connectivity index (χ4v) is 5.95. The van der Waals surface area contributed by atoms with Crippen molar-refractivity contribution in [3.05, 3.63) is 94.8 Å². The number of benzene rings is 3. The Kier molecular flexibility index (Phi) is 7.26. The summed E-state index contributed by atoms with van der Waals surface area (Å²) in [6.45, 7) is 1.74. The largest absolute Gasteiger partial charge is 0.241 e. The second kappa shape index (κ2) is 9.60. The van der Waals surface area contributed by atoms with Crippen LogP contribution < -0.4 is 4.72 Å². The van der Waals surface area contributed by atoms with E-state index in [-0.39, 0.29) is 10.6 Å². The van der Waals surface area contributed by atoms with Crippen molar-refractivity contribution in [3.63, 3.8) is 0 Å². The average Bonchev–Trinajstić information content (AvgIpc) is 2.77. The lowest BCUT2D eigenvalue weighted by Crippen LogP contribution is -2.35. The van der Waals surface area contributed by atoms with Gasteiger partial charge in [0.1, 0.15) is 12.0 Å². The first-order valence-electron chi connectivity index (χ1n) is 9.31. The molecule has 0 bridgehead atoms. The molecule has 3 rings (SSSR count). The van der Waals surface area contributed by atoms with E-state index < -0.39 is 61.6 Å². The van der Waals surface area contributed by atoms with Crippen LogP contribution in [0.5, 0.6) is 0 Å². The first-order chi connectivity index (χ1) is 15.0. The topological polar surface area (TPSA) is 46.2 Å². The predicted molar refractivity (Wildman–Crippen MR) is 113 cm³/mol. The molecule has 3 nitrogen and oxygen atoms in total. The molecule has 32 heavy (non-hydrogen) atoms. The van der Waals surface area contributed by atoms with Gasteiger partial charge in [-0.1, -0.05) is 35.9 Å². The molecule has 0 spiro atoms. The molecule has 10 heteroatoms. The van der Waals surface area contributed by atoms with Crippen LogP contribution in [0.25, 0.3) is 0 Å². The molecule has 0 aliphatic carbocycles. The minimum absolute atomic E-state index is 0.201. The Morgan fingerprint density at radius 1 is 0.812 bits per heavy atom. The van der Waals surface area contributed by atoms with E-state index in [1.807, 2.05) is 0 Å². The standard InChI is InChI=1S/C22H19F5NO2S2/c1-13-8-10-15(11-9-13)32(29,30)28-16(12-31(2)14-6-4-3-5-7-14)17-18(23)20(25)22(27)21(26)19(17)24/h3-11,16,28H,12H2,1-2H3/q+1/t16-,31?/m0/s1. The van der Waals surface area contributed by atoms with Gasteiger partial charge in [-0.05, 0) is 31.2 Å². The second-order valence-electron chi connectivity index (χ2n) is 7.09. The maximum Gasteiger partial charge on any atom is 0.241 e. The molecule has 170 valence electrons. The second-order valence-corrected chi connectivity index (χ2v) is 10.9. The molecule has 3 aromatic carbocycles. The quantitative estimate of drug-likeness (QED) is 0.220. The Hall–Kier alpha value is -2.43. The van der Waals surface area contributed by atoms with Crippen LogP contribution in [0.4, 0.5) is 22.0 Å². The zero-order valence-electron chi connectivity index (χ0n) is 17.0. The number of nitrogens with one attached hydrogen (secondary N) is 1. The third-order valence-electron chi connectivity index (χ3n) is 4.78. The van der Waals surface area contributed by atoms with Crippen LogP contribution in [0.1, 0.15) is 17.2 Å². The summed E-state index contributed by atoms with van der Waals surface area (Å²) in [5.74, 6) is -10.9. The SMILES string of the molecule is Cc1ccc(S(=O)(=O)N[C@@H](C[S+](C)c2ccccc2)c2c(F)c(F)c(F)c(F)c2F)cc1. The van der Waals surface area contributed by atoms with Gasteiger partial charge in [0.2, 0.25) is 15.8 Å². The summed E-state index contributed by atoms with van der Waals surface area (Å²) in [5.41, 5.74) is -0.438. The van der Waals surface area contributed by atoms with Crippen LogP contribution in [0.3, 0.4) is 0 Å². The van der Waals surface area contributed by atoms with E-state index in [1.54, 1.807) is 43.5 Å². The van der Waals surface area contributed by atoms with Crippen molar-refractivity contribution in [2.45, 2.75) is 22.8 Å². The highest BCUT2D eigenvalue weighted by Gasteiger charge is 2.36. The number of hydrogen-bond donors (Lipinski definition) is 1. The predicted octanol–water partition coefficient (Wildman–Crippen LogP) is 5.02. The first-order valence-corrected chi connectivity index (χ1v) is 12.6. The van der Waals surface area contributed by atoms with E-state index in [0.717, 1.165) is 10.5 Å². The highest BCUT2D eigenvalue weighted by Crippen LogP contribution is 2.31. The van der Waals surface area contributed by atoms with Crippen molar-refractivity contribution >= 4 is 20.9 Å². The van der Waals surface area contributed by atoms with Crippen molar-refractivity contribution in [2.24, 2.45) is 0 Å². The van der Waals surface area contributed by atoms with E-state index in [9.17, 15) is 30.4 Å². The Labute approximate surface area is 185 Å². The van der Waals surface area contributed by atoms with Crippen molar-refractivity contribution in [1.82, 2.24) is 4.72 Å². The maximum absolute atomic E-state index is 14.6. The monoisotopic (exact) mass is 488 g/mol. The van der Waals surface area contributed by atoms with Crippen LogP contribution in [-0.2, 0) is 20.9 Å². The fourth-order valence-electron chi connectivity index (χ4n) is 3.08. The minimum Gasteiger partial charge on any atom is -0.207 e. The summed E-state index contributed by atoms with van der Waals surface area (Å²) in [4.78, 5) is 0.531. The van der Waals surface area contributed by atoms with Crippen LogP contribution in [-0.4, -0.2) is 20.4 Å². The van der Waals surface area contributed by atoms with Gasteiger partial charge < -0.3 is 0 Å². The van der Waals surface area contributed by atoms with Gasteiger partial charge in [-0.25, -0.2) is 30.4 Å². The molecule has 0 fully saturated rings. The minimum atomic E-state index is -4.34. The molecule has 0 aliphatic heterocycles. The zero-order chi connectivity index (χ0) is 23.6. The summed E-state index contributed by atoms with van der Waals surface area (Å²) in [5, 5.41) is 0. The van der Waals surface area contributed by atoms with Crippen LogP contribution >= 0.6 is 0 Å². The third-order valence-corrected chi connectivity index (χ3v) is 8.18. The molecule has 0 saturated heterocycles. The lowest BCUT2D eigenvalue weighted by molar-refractivity contribution is 0.364. The van der Waals surface area contributed by atoms with Gasteiger partial charge in [0, 0.05) is 10.9 Å². The van der Waals surface area contributed by atoms with Gasteiger partial charge in [-0.15, -0.1) is 0 Å². The van der Waals surface area contributed by atoms with Gasteiger partial charge >= 0.3 is 0 Å². The lowest BCUT2D eigenvalue weighted by Gasteiger charge is -2.20. The summed E-state index contributed by atoms with van der Waals surface area (Å²) in [6.07, 6.45) is 1.69. The van der Waals surface area contributed by atoms with Crippen molar-refractivity contribution in [2.75, 3.05) is 12.0 Å². The maximum atomic E-state index is 14.6. The van der Waals surface area contributed by atoms with Gasteiger partial charge in [0.15, 0.2) is 28.2 Å². The molecular weight excluding hydrogens is 469 g/mol. The molecule has 0 amide bonds. The fraction of sp³-hybridized carbons (Fsp3) is 0.182. The van der Waals surface area contributed by atoms with Crippen molar-refractivity contribution in [1.29, 1.82) is 0 Å². The molecule has 3 aromatic rings. The Balaban J connectivity index is 2.09. The Morgan fingerprint density at radius 3 is 1.84 bits per heavy atom. The number of aryl methyl sites for hydroxylation is 1. The highest BCUT2D eigenvalue weighted by molar-refractivity contribution is 7.96. The summed E-state index contributed by atoms with van der Waals surface area (Å²) >= 11 is 0. The van der Waals surface area contributed by atoms with Crippen LogP contribution in [0.15, 0.2) is 64.4 Å². The number of sulfonamides is 1. The van der Waals surface area contributed by atoms with Crippen molar-refractivity contribution < 1.29 is 30.4 Å². The zero-order valence-corrected chi connectivity index (χ0v) is 18.6. The Bertz CT molecular complexity index is 1190. The molecule has 0 aliphatic rings. The van der Waals surface area contributed by atoms with Gasteiger partial charge in [-0.2, -0.15) is 4.72 Å². The molecular formula is C22H19F5NO2S2+. The number of hydrogen-bond acceptors (Lipinski definition) is 2. The van der Waals surface area contributed by atoms with Crippen molar-refractivity contribution in [3.8, 4) is 0 Å². The molecule has 2 atom stereocenters. The summed E-state index contributed by atoms with van der Waals surface area (Å²) in [7, 11) is -5.13. The normalized spacial score (nSPS) is 13.7. The number of rotatable bonds is 7. The lowest BCUT2D eigenvalue weighted by atomic mass is 10.1. The summed E-state index contributed by atoms with van der Waals surface area (Å²) < 4.78 is 98.4. The smallest absolute Gasteiger partial charge is 0.207 e. The van der Waals surface area contributed by atoms with Crippen LogP contribution in [0.2, 0.25) is 0 Å². The molecule has 0 saturated carbocycles. The molecule has 1 N–H and O–H groups in total. The van der Waals surface area contributed by atoms with Gasteiger partial charge in [0.05, 0.1) is 16.5 Å². The number of halogens is 5. The molecule has 0 radical (unpaired) electrons. The molecule has 0 heterocycles. The first kappa shape index (κ1) is 24.2. The van der Waals surface area contributed by atoms with E-state index in [1.165, 1.54) is 24.3 Å². The van der Waals surface area contributed by atoms with Gasteiger partial charge in [0.25, 0.3) is 0 Å². The molecule has 1 unspecified atom stereocenters. The average molecular weight is 489 g/mol. The van der Waals surface area contributed by atoms with E-state index in [2.05, 4.69) is 4.72 Å². The van der Waals surface area contributed by atoms with Gasteiger partial charge in [-0.3, -0.25) is 0 Å². The van der Waals surface area contributed by atoms with E-state index >= 15 is 0 Å². The van der Waals surface area contributed by atoms with Crippen LogP contribution in [0, 0.1) is 36.0 Å².